The van der Waals surface area contributed by atoms with Crippen LogP contribution in [0.3, 0.4) is 0 Å². The molecule has 7 heteroatoms. The Kier molecular flexibility index (Phi) is 5.71. The number of amides is 3. The first-order valence-corrected chi connectivity index (χ1v) is 10.2. The van der Waals surface area contributed by atoms with E-state index in [1.807, 2.05) is 27.7 Å². The maximum Gasteiger partial charge on any atom is 0.331 e. The van der Waals surface area contributed by atoms with Gasteiger partial charge >= 0.3 is 12.0 Å². The molecule has 0 bridgehead atoms. The molecule has 1 saturated heterocycles. The summed E-state index contributed by atoms with van der Waals surface area (Å²) in [6.45, 7) is 7.35. The second kappa shape index (κ2) is 7.74. The van der Waals surface area contributed by atoms with Crippen LogP contribution in [0.4, 0.5) is 4.79 Å². The topological polar surface area (TPSA) is 75.7 Å². The van der Waals surface area contributed by atoms with Gasteiger partial charge in [-0.15, -0.1) is 0 Å². The molecule has 1 aliphatic carbocycles. The number of aryl methyl sites for hydroxylation is 1. The minimum atomic E-state index is -0.879. The highest BCUT2D eigenvalue weighted by Gasteiger charge is 2.55. The van der Waals surface area contributed by atoms with Crippen LogP contribution in [0.15, 0.2) is 12.1 Å². The third-order valence-corrected chi connectivity index (χ3v) is 6.33. The first-order valence-electron chi connectivity index (χ1n) is 9.80. The molecule has 0 unspecified atom stereocenters. The Balaban J connectivity index is 1.76. The number of ether oxygens (including phenoxy) is 1. The zero-order valence-electron chi connectivity index (χ0n) is 16.8. The van der Waals surface area contributed by atoms with Gasteiger partial charge in [-0.2, -0.15) is 0 Å². The van der Waals surface area contributed by atoms with Crippen LogP contribution in [-0.4, -0.2) is 34.9 Å². The highest BCUT2D eigenvalue weighted by Crippen LogP contribution is 2.38. The summed E-state index contributed by atoms with van der Waals surface area (Å²) in [5, 5.41) is 3.45. The highest BCUT2D eigenvalue weighted by atomic mass is 35.5. The maximum absolute atomic E-state index is 13.0. The number of nitrogens with one attached hydrogen (secondary N) is 1. The second-order valence-corrected chi connectivity index (χ2v) is 8.61. The summed E-state index contributed by atoms with van der Waals surface area (Å²) in [5.41, 5.74) is 0.715. The molecule has 0 radical (unpaired) electrons. The van der Waals surface area contributed by atoms with Crippen LogP contribution in [0.25, 0.3) is 0 Å². The predicted molar refractivity (Wildman–Crippen MR) is 107 cm³/mol. The lowest BCUT2D eigenvalue weighted by Crippen LogP contribution is -2.54. The smallest absolute Gasteiger partial charge is 0.331 e. The maximum atomic E-state index is 13.0. The van der Waals surface area contributed by atoms with E-state index in [9.17, 15) is 14.4 Å². The van der Waals surface area contributed by atoms with Crippen LogP contribution in [0, 0.1) is 12.8 Å². The fraction of sp³-hybridized carbons (Fsp3) is 0.571. The van der Waals surface area contributed by atoms with E-state index in [-0.39, 0.29) is 17.7 Å². The SMILES string of the molecule is Cc1cc(OC(=O)CN2C(=O)N[C@]3(CCCC[C@@H]3C)C2=O)c(C(C)C)cc1Cl. The summed E-state index contributed by atoms with van der Waals surface area (Å²) in [4.78, 5) is 39.0. The van der Waals surface area contributed by atoms with Crippen molar-refractivity contribution in [1.82, 2.24) is 10.2 Å². The van der Waals surface area contributed by atoms with E-state index in [4.69, 9.17) is 16.3 Å². The molecular formula is C21H27ClN2O4. The number of benzene rings is 1. The number of imide groups is 1. The molecule has 1 saturated carbocycles. The first-order chi connectivity index (χ1) is 13.2. The number of hydrogen-bond donors (Lipinski definition) is 1. The number of carbonyl (C=O) groups excluding carboxylic acids is 3. The van der Waals surface area contributed by atoms with Gasteiger partial charge in [-0.1, -0.05) is 45.2 Å². The van der Waals surface area contributed by atoms with E-state index in [0.29, 0.717) is 17.2 Å². The zero-order chi connectivity index (χ0) is 20.6. The molecule has 2 fully saturated rings. The van der Waals surface area contributed by atoms with Gasteiger partial charge in [0.25, 0.3) is 5.91 Å². The Bertz CT molecular complexity index is 823. The number of hydrogen-bond acceptors (Lipinski definition) is 4. The Labute approximate surface area is 170 Å². The third-order valence-electron chi connectivity index (χ3n) is 5.93. The second-order valence-electron chi connectivity index (χ2n) is 8.21. The molecule has 1 aromatic carbocycles. The highest BCUT2D eigenvalue weighted by molar-refractivity contribution is 6.31. The van der Waals surface area contributed by atoms with Crippen molar-refractivity contribution in [3.63, 3.8) is 0 Å². The summed E-state index contributed by atoms with van der Waals surface area (Å²) in [6.07, 6.45) is 3.42. The molecule has 1 aromatic rings. The van der Waals surface area contributed by atoms with Gasteiger partial charge in [-0.3, -0.25) is 9.69 Å². The van der Waals surface area contributed by atoms with Crippen molar-refractivity contribution < 1.29 is 19.1 Å². The van der Waals surface area contributed by atoms with E-state index in [1.54, 1.807) is 12.1 Å². The lowest BCUT2D eigenvalue weighted by Gasteiger charge is -2.36. The van der Waals surface area contributed by atoms with Crippen LogP contribution >= 0.6 is 11.6 Å². The molecule has 6 nitrogen and oxygen atoms in total. The van der Waals surface area contributed by atoms with Crippen LogP contribution < -0.4 is 10.1 Å². The van der Waals surface area contributed by atoms with Crippen LogP contribution in [-0.2, 0) is 9.59 Å². The predicted octanol–water partition coefficient (Wildman–Crippen LogP) is 4.18. The van der Waals surface area contributed by atoms with E-state index >= 15 is 0 Å². The third kappa shape index (κ3) is 3.62. The van der Waals surface area contributed by atoms with Crippen LogP contribution in [0.1, 0.15) is 63.5 Å². The molecule has 0 aromatic heterocycles. The van der Waals surface area contributed by atoms with Crippen molar-refractivity contribution in [1.29, 1.82) is 0 Å². The Morgan fingerprint density at radius 1 is 1.36 bits per heavy atom. The molecule has 28 heavy (non-hydrogen) atoms. The van der Waals surface area contributed by atoms with Gasteiger partial charge < -0.3 is 10.1 Å². The molecule has 1 N–H and O–H groups in total. The number of urea groups is 1. The Morgan fingerprint density at radius 3 is 2.71 bits per heavy atom. The molecular weight excluding hydrogens is 380 g/mol. The summed E-state index contributed by atoms with van der Waals surface area (Å²) in [7, 11) is 0. The van der Waals surface area contributed by atoms with Gasteiger partial charge in [0.1, 0.15) is 17.8 Å². The molecule has 3 rings (SSSR count). The average molecular weight is 407 g/mol. The van der Waals surface area contributed by atoms with Crippen molar-refractivity contribution in [3.8, 4) is 5.75 Å². The minimum absolute atomic E-state index is 0.0465. The Hall–Kier alpha value is -2.08. The molecule has 2 aliphatic rings. The molecule has 2 atom stereocenters. The van der Waals surface area contributed by atoms with Crippen molar-refractivity contribution in [2.75, 3.05) is 6.54 Å². The van der Waals surface area contributed by atoms with E-state index in [2.05, 4.69) is 5.32 Å². The number of rotatable bonds is 4. The lowest BCUT2D eigenvalue weighted by atomic mass is 9.73. The molecule has 152 valence electrons. The average Bonchev–Trinajstić information content (AvgIpc) is 2.85. The fourth-order valence-electron chi connectivity index (χ4n) is 4.13. The Morgan fingerprint density at radius 2 is 2.07 bits per heavy atom. The lowest BCUT2D eigenvalue weighted by molar-refractivity contribution is -0.142. The molecule has 1 spiro atoms. The van der Waals surface area contributed by atoms with Gasteiger partial charge in [0.15, 0.2) is 0 Å². The van der Waals surface area contributed by atoms with Gasteiger partial charge in [0.2, 0.25) is 0 Å². The van der Waals surface area contributed by atoms with Crippen LogP contribution in [0.5, 0.6) is 5.75 Å². The van der Waals surface area contributed by atoms with Crippen LogP contribution in [0.2, 0.25) is 5.02 Å². The van der Waals surface area contributed by atoms with Gasteiger partial charge in [0.05, 0.1) is 0 Å². The normalized spacial score (nSPS) is 24.8. The number of halogens is 1. The molecule has 1 aliphatic heterocycles. The largest absolute Gasteiger partial charge is 0.425 e. The van der Waals surface area contributed by atoms with E-state index in [1.165, 1.54) is 0 Å². The molecule has 1 heterocycles. The van der Waals surface area contributed by atoms with E-state index in [0.717, 1.165) is 35.3 Å². The standard InChI is InChI=1S/C21H27ClN2O4/c1-12(2)15-10-16(22)13(3)9-17(15)28-18(25)11-24-19(26)21(23-20(24)27)8-6-5-7-14(21)4/h9-10,12,14H,5-8,11H2,1-4H3,(H,23,27)/t14-,21-/m0/s1. The quantitative estimate of drug-likeness (QED) is 0.462. The summed E-state index contributed by atoms with van der Waals surface area (Å²) in [5.74, 6) is -0.408. The summed E-state index contributed by atoms with van der Waals surface area (Å²) < 4.78 is 5.53. The van der Waals surface area contributed by atoms with Gasteiger partial charge in [-0.25, -0.2) is 9.59 Å². The van der Waals surface area contributed by atoms with E-state index < -0.39 is 24.1 Å². The zero-order valence-corrected chi connectivity index (χ0v) is 17.6. The number of esters is 1. The number of nitrogens with zero attached hydrogens (tertiary/aromatic N) is 1. The van der Waals surface area contributed by atoms with Gasteiger partial charge in [-0.05, 0) is 54.9 Å². The number of carbonyl (C=O) groups is 3. The monoisotopic (exact) mass is 406 g/mol. The fourth-order valence-corrected chi connectivity index (χ4v) is 4.31. The minimum Gasteiger partial charge on any atom is -0.425 e. The van der Waals surface area contributed by atoms with Crippen molar-refractivity contribution in [3.05, 3.63) is 28.3 Å². The summed E-state index contributed by atoms with van der Waals surface area (Å²) >= 11 is 6.19. The van der Waals surface area contributed by atoms with Gasteiger partial charge in [0, 0.05) is 5.02 Å². The summed E-state index contributed by atoms with van der Waals surface area (Å²) in [6, 6.07) is 2.98. The van der Waals surface area contributed by atoms with Crippen molar-refractivity contribution in [2.24, 2.45) is 5.92 Å². The van der Waals surface area contributed by atoms with Crippen molar-refractivity contribution >= 4 is 29.5 Å². The van der Waals surface area contributed by atoms with Crippen molar-refractivity contribution in [2.45, 2.75) is 64.8 Å². The molecule has 3 amide bonds. The first kappa shape index (κ1) is 20.6.